The number of benzene rings is 2. The zero-order chi connectivity index (χ0) is 21.1. The van der Waals surface area contributed by atoms with E-state index in [-0.39, 0.29) is 29.4 Å². The van der Waals surface area contributed by atoms with Gasteiger partial charge in [0.05, 0.1) is 23.3 Å². The van der Waals surface area contributed by atoms with Crippen LogP contribution in [0.5, 0.6) is 0 Å². The topological polar surface area (TPSA) is 76.5 Å². The Hall–Kier alpha value is -3.03. The van der Waals surface area contributed by atoms with Gasteiger partial charge in [-0.2, -0.15) is 9.78 Å². The van der Waals surface area contributed by atoms with Crippen molar-refractivity contribution in [2.24, 2.45) is 0 Å². The minimum atomic E-state index is -0.287. The molecule has 1 saturated heterocycles. The Morgan fingerprint density at radius 1 is 1.03 bits per heavy atom. The number of ether oxygens (including phenoxy) is 1. The third-order valence-electron chi connectivity index (χ3n) is 5.23. The van der Waals surface area contributed by atoms with Crippen molar-refractivity contribution in [1.29, 1.82) is 0 Å². The zero-order valence-corrected chi connectivity index (χ0v) is 17.2. The highest BCUT2D eigenvalue weighted by molar-refractivity contribution is 6.04. The second kappa shape index (κ2) is 8.77. The summed E-state index contributed by atoms with van der Waals surface area (Å²) >= 11 is 0. The molecule has 1 aliphatic rings. The number of nitrogens with zero attached hydrogens (tertiary/aromatic N) is 3. The lowest BCUT2D eigenvalue weighted by molar-refractivity contribution is -0.0672. The highest BCUT2D eigenvalue weighted by Gasteiger charge is 2.22. The van der Waals surface area contributed by atoms with Crippen LogP contribution in [0, 0.1) is 0 Å². The molecule has 7 heteroatoms. The van der Waals surface area contributed by atoms with Crippen molar-refractivity contribution < 1.29 is 9.53 Å². The van der Waals surface area contributed by atoms with E-state index in [0.29, 0.717) is 23.0 Å². The van der Waals surface area contributed by atoms with Gasteiger partial charge in [-0.15, -0.1) is 0 Å². The molecule has 0 saturated carbocycles. The van der Waals surface area contributed by atoms with Crippen LogP contribution < -0.4 is 10.9 Å². The molecule has 0 radical (unpaired) electrons. The van der Waals surface area contributed by atoms with Gasteiger partial charge >= 0.3 is 0 Å². The summed E-state index contributed by atoms with van der Waals surface area (Å²) in [5.41, 5.74) is 0.626. The number of para-hydroxylation sites is 1. The van der Waals surface area contributed by atoms with Crippen LogP contribution in [0.2, 0.25) is 0 Å². The molecule has 1 N–H and O–H groups in total. The first-order valence-corrected chi connectivity index (χ1v) is 10.3. The van der Waals surface area contributed by atoms with Crippen molar-refractivity contribution in [2.75, 3.05) is 26.2 Å². The zero-order valence-electron chi connectivity index (χ0n) is 17.2. The first kappa shape index (κ1) is 20.3. The summed E-state index contributed by atoms with van der Waals surface area (Å²) in [6.45, 7) is 7.05. The number of morpholine rings is 1. The van der Waals surface area contributed by atoms with Crippen LogP contribution in [0.3, 0.4) is 0 Å². The van der Waals surface area contributed by atoms with E-state index in [9.17, 15) is 9.59 Å². The lowest BCUT2D eigenvalue weighted by Gasteiger charge is -2.35. The van der Waals surface area contributed by atoms with Crippen LogP contribution in [0.15, 0.2) is 59.4 Å². The highest BCUT2D eigenvalue weighted by Crippen LogP contribution is 2.15. The molecule has 3 aromatic rings. The van der Waals surface area contributed by atoms with Crippen molar-refractivity contribution in [1.82, 2.24) is 20.0 Å². The molecule has 0 aliphatic carbocycles. The Kier molecular flexibility index (Phi) is 5.92. The molecule has 1 aromatic heterocycles. The summed E-state index contributed by atoms with van der Waals surface area (Å²) in [5, 5.41) is 8.41. The van der Waals surface area contributed by atoms with E-state index in [1.807, 2.05) is 24.3 Å². The van der Waals surface area contributed by atoms with E-state index in [0.717, 1.165) is 19.6 Å². The largest absolute Gasteiger partial charge is 0.373 e. The number of hydrogen-bond donors (Lipinski definition) is 1. The van der Waals surface area contributed by atoms with Crippen molar-refractivity contribution >= 4 is 16.7 Å². The Morgan fingerprint density at radius 3 is 2.37 bits per heavy atom. The Bertz CT molecular complexity index is 1090. The van der Waals surface area contributed by atoms with Gasteiger partial charge < -0.3 is 10.1 Å². The van der Waals surface area contributed by atoms with E-state index in [1.54, 1.807) is 30.3 Å². The molecule has 2 aromatic carbocycles. The standard InChI is InChI=1S/C23H26N4O3/c1-16-14-26(15-17(2)30-16)13-12-24-22(28)21-19-10-6-7-11-20(19)23(29)27(25-21)18-8-4-3-5-9-18/h3-11,16-17H,12-15H2,1-2H3,(H,24,28). The van der Waals surface area contributed by atoms with Crippen LogP contribution in [0.4, 0.5) is 0 Å². The SMILES string of the molecule is CC1CN(CCNC(=O)c2nn(-c3ccccc3)c(=O)c3ccccc23)CC(C)O1. The Morgan fingerprint density at radius 2 is 1.67 bits per heavy atom. The fourth-order valence-electron chi connectivity index (χ4n) is 3.98. The molecule has 2 unspecified atom stereocenters. The van der Waals surface area contributed by atoms with Crippen LogP contribution in [-0.2, 0) is 4.74 Å². The second-order valence-electron chi connectivity index (χ2n) is 7.72. The van der Waals surface area contributed by atoms with Gasteiger partial charge in [0.1, 0.15) is 0 Å². The van der Waals surface area contributed by atoms with Gasteiger partial charge in [0, 0.05) is 31.6 Å². The molecular weight excluding hydrogens is 380 g/mol. The summed E-state index contributed by atoms with van der Waals surface area (Å²) in [4.78, 5) is 28.2. The van der Waals surface area contributed by atoms with Crippen LogP contribution in [0.1, 0.15) is 24.3 Å². The van der Waals surface area contributed by atoms with Gasteiger partial charge in [-0.3, -0.25) is 14.5 Å². The highest BCUT2D eigenvalue weighted by atomic mass is 16.5. The van der Waals surface area contributed by atoms with Gasteiger partial charge in [0.25, 0.3) is 11.5 Å². The first-order valence-electron chi connectivity index (χ1n) is 10.3. The lowest BCUT2D eigenvalue weighted by atomic mass is 10.1. The van der Waals surface area contributed by atoms with E-state index >= 15 is 0 Å². The molecule has 156 valence electrons. The predicted octanol–water partition coefficient (Wildman–Crippen LogP) is 2.22. The second-order valence-corrected chi connectivity index (χ2v) is 7.72. The number of hydrogen-bond acceptors (Lipinski definition) is 5. The van der Waals surface area contributed by atoms with E-state index in [4.69, 9.17) is 4.74 Å². The van der Waals surface area contributed by atoms with Crippen LogP contribution >= 0.6 is 0 Å². The molecule has 30 heavy (non-hydrogen) atoms. The van der Waals surface area contributed by atoms with E-state index in [1.165, 1.54) is 4.68 Å². The average molecular weight is 406 g/mol. The molecule has 1 fully saturated rings. The summed E-state index contributed by atoms with van der Waals surface area (Å²) in [5.74, 6) is -0.287. The maximum Gasteiger partial charge on any atom is 0.279 e. The third-order valence-corrected chi connectivity index (χ3v) is 5.23. The van der Waals surface area contributed by atoms with Gasteiger partial charge in [-0.05, 0) is 32.0 Å². The smallest absolute Gasteiger partial charge is 0.279 e. The van der Waals surface area contributed by atoms with Crippen molar-refractivity contribution in [3.63, 3.8) is 0 Å². The molecule has 1 aliphatic heterocycles. The average Bonchev–Trinajstić information content (AvgIpc) is 2.74. The van der Waals surface area contributed by atoms with Gasteiger partial charge in [-0.1, -0.05) is 36.4 Å². The molecule has 7 nitrogen and oxygen atoms in total. The first-order chi connectivity index (χ1) is 14.5. The maximum absolute atomic E-state index is 13.0. The third kappa shape index (κ3) is 4.27. The van der Waals surface area contributed by atoms with Crippen molar-refractivity contribution in [2.45, 2.75) is 26.1 Å². The number of aromatic nitrogens is 2. The number of nitrogens with one attached hydrogen (secondary N) is 1. The number of rotatable bonds is 5. The van der Waals surface area contributed by atoms with E-state index < -0.39 is 0 Å². The van der Waals surface area contributed by atoms with Gasteiger partial charge in [0.2, 0.25) is 0 Å². The maximum atomic E-state index is 13.0. The molecule has 2 heterocycles. The molecule has 0 bridgehead atoms. The summed E-state index contributed by atoms with van der Waals surface area (Å²) in [6, 6.07) is 16.2. The monoisotopic (exact) mass is 406 g/mol. The summed E-state index contributed by atoms with van der Waals surface area (Å²) < 4.78 is 7.05. The van der Waals surface area contributed by atoms with Gasteiger partial charge in [0.15, 0.2) is 5.69 Å². The number of carbonyl (C=O) groups excluding carboxylic acids is 1. The Labute approximate surface area is 175 Å². The molecule has 0 spiro atoms. The number of carbonyl (C=O) groups is 1. The van der Waals surface area contributed by atoms with Crippen LogP contribution in [0.25, 0.3) is 16.5 Å². The quantitative estimate of drug-likeness (QED) is 0.703. The molecule has 4 rings (SSSR count). The van der Waals surface area contributed by atoms with Crippen molar-refractivity contribution in [3.8, 4) is 5.69 Å². The summed E-state index contributed by atoms with van der Waals surface area (Å²) in [6.07, 6.45) is 0.369. The number of amides is 1. The predicted molar refractivity (Wildman–Crippen MR) is 116 cm³/mol. The van der Waals surface area contributed by atoms with Crippen LogP contribution in [-0.4, -0.2) is 59.0 Å². The molecular formula is C23H26N4O3. The molecule has 2 atom stereocenters. The fraction of sp³-hybridized carbons (Fsp3) is 0.348. The van der Waals surface area contributed by atoms with E-state index in [2.05, 4.69) is 29.2 Å². The fourth-order valence-corrected chi connectivity index (χ4v) is 3.98. The van der Waals surface area contributed by atoms with Crippen molar-refractivity contribution in [3.05, 3.63) is 70.6 Å². The normalized spacial score (nSPS) is 19.7. The minimum Gasteiger partial charge on any atom is -0.373 e. The minimum absolute atomic E-state index is 0.185. The molecule has 1 amide bonds. The van der Waals surface area contributed by atoms with Gasteiger partial charge in [-0.25, -0.2) is 0 Å². The Balaban J connectivity index is 1.58. The lowest BCUT2D eigenvalue weighted by Crippen LogP contribution is -2.48. The summed E-state index contributed by atoms with van der Waals surface area (Å²) in [7, 11) is 0. The number of fused-ring (bicyclic) bond motifs is 1.